The molecule has 1 rings (SSSR count). The smallest absolute Gasteiger partial charge is 0.251 e. The van der Waals surface area contributed by atoms with Gasteiger partial charge in [0, 0.05) is 23.2 Å². The van der Waals surface area contributed by atoms with Crippen molar-refractivity contribution in [3.05, 3.63) is 34.3 Å². The van der Waals surface area contributed by atoms with Gasteiger partial charge in [0.25, 0.3) is 5.91 Å². The molecule has 0 atom stereocenters. The summed E-state index contributed by atoms with van der Waals surface area (Å²) < 4.78 is 0.808. The minimum Gasteiger partial charge on any atom is -0.396 e. The van der Waals surface area contributed by atoms with Crippen LogP contribution in [0.3, 0.4) is 0 Å². The van der Waals surface area contributed by atoms with E-state index in [1.807, 2.05) is 6.07 Å². The zero-order valence-corrected chi connectivity index (χ0v) is 11.4. The van der Waals surface area contributed by atoms with Crippen LogP contribution in [0.2, 0.25) is 0 Å². The number of nitrogens with one attached hydrogen (secondary N) is 2. The van der Waals surface area contributed by atoms with Crippen molar-refractivity contribution in [1.29, 1.82) is 0 Å². The van der Waals surface area contributed by atoms with Crippen LogP contribution in [0.15, 0.2) is 28.7 Å². The molecule has 3 N–H and O–H groups in total. The van der Waals surface area contributed by atoms with Crippen molar-refractivity contribution >= 4 is 27.7 Å². The minimum absolute atomic E-state index is 0.0324. The van der Waals surface area contributed by atoms with Crippen molar-refractivity contribution in [1.82, 2.24) is 10.6 Å². The van der Waals surface area contributed by atoms with Gasteiger partial charge in [-0.25, -0.2) is 0 Å². The van der Waals surface area contributed by atoms with E-state index in [4.69, 9.17) is 5.11 Å². The molecule has 5 nitrogen and oxygen atoms in total. The van der Waals surface area contributed by atoms with Crippen LogP contribution in [-0.2, 0) is 4.79 Å². The van der Waals surface area contributed by atoms with Crippen molar-refractivity contribution in [3.63, 3.8) is 0 Å². The molecule has 0 spiro atoms. The highest BCUT2D eigenvalue weighted by Crippen LogP contribution is 2.11. The zero-order chi connectivity index (χ0) is 13.4. The van der Waals surface area contributed by atoms with Crippen molar-refractivity contribution in [2.24, 2.45) is 0 Å². The van der Waals surface area contributed by atoms with Crippen LogP contribution in [0, 0.1) is 0 Å². The van der Waals surface area contributed by atoms with Gasteiger partial charge in [0.1, 0.15) is 0 Å². The molecule has 0 fully saturated rings. The summed E-state index contributed by atoms with van der Waals surface area (Å²) in [5.41, 5.74) is 0.493. The fraction of sp³-hybridized carbons (Fsp3) is 0.333. The van der Waals surface area contributed by atoms with Crippen molar-refractivity contribution in [3.8, 4) is 0 Å². The summed E-state index contributed by atoms with van der Waals surface area (Å²) in [6, 6.07) is 6.92. The molecule has 6 heteroatoms. The van der Waals surface area contributed by atoms with E-state index >= 15 is 0 Å². The van der Waals surface area contributed by atoms with Gasteiger partial charge >= 0.3 is 0 Å². The average Bonchev–Trinajstić information content (AvgIpc) is 2.36. The fourth-order valence-corrected chi connectivity index (χ4v) is 1.66. The molecule has 2 amide bonds. The van der Waals surface area contributed by atoms with E-state index in [1.54, 1.807) is 18.2 Å². The second-order valence-electron chi connectivity index (χ2n) is 3.62. The summed E-state index contributed by atoms with van der Waals surface area (Å²) in [6.07, 6.45) is 0.505. The highest BCUT2D eigenvalue weighted by molar-refractivity contribution is 9.10. The maximum atomic E-state index is 11.7. The number of carbonyl (C=O) groups excluding carboxylic acids is 2. The highest BCUT2D eigenvalue weighted by Gasteiger charge is 2.07. The molecule has 0 bridgehead atoms. The predicted molar refractivity (Wildman–Crippen MR) is 71.2 cm³/mol. The molecule has 0 heterocycles. The third-order valence-electron chi connectivity index (χ3n) is 2.15. The molecule has 18 heavy (non-hydrogen) atoms. The van der Waals surface area contributed by atoms with E-state index in [9.17, 15) is 9.59 Å². The number of carbonyl (C=O) groups is 2. The number of amides is 2. The molecule has 1 aromatic rings. The summed E-state index contributed by atoms with van der Waals surface area (Å²) in [7, 11) is 0. The van der Waals surface area contributed by atoms with Gasteiger partial charge in [-0.2, -0.15) is 0 Å². The van der Waals surface area contributed by atoms with E-state index in [-0.39, 0.29) is 25.0 Å². The molecule has 0 aromatic heterocycles. The van der Waals surface area contributed by atoms with Crippen molar-refractivity contribution in [2.45, 2.75) is 6.42 Å². The molecular weight excluding hydrogens is 300 g/mol. The Balaban J connectivity index is 2.35. The Morgan fingerprint density at radius 3 is 2.72 bits per heavy atom. The lowest BCUT2D eigenvalue weighted by Gasteiger charge is -2.06. The van der Waals surface area contributed by atoms with Gasteiger partial charge in [0.15, 0.2) is 0 Å². The number of aliphatic hydroxyl groups is 1. The number of halogens is 1. The number of benzene rings is 1. The van der Waals surface area contributed by atoms with Crippen LogP contribution in [0.4, 0.5) is 0 Å². The third-order valence-corrected chi connectivity index (χ3v) is 2.65. The van der Waals surface area contributed by atoms with Gasteiger partial charge in [0.2, 0.25) is 5.91 Å². The molecule has 0 aliphatic rings. The van der Waals surface area contributed by atoms with E-state index in [0.29, 0.717) is 18.5 Å². The first-order valence-electron chi connectivity index (χ1n) is 5.55. The number of rotatable bonds is 6. The Hall–Kier alpha value is -1.40. The van der Waals surface area contributed by atoms with Crippen LogP contribution < -0.4 is 10.6 Å². The molecule has 0 saturated carbocycles. The number of aliphatic hydroxyl groups excluding tert-OH is 1. The second-order valence-corrected chi connectivity index (χ2v) is 4.54. The molecule has 98 valence electrons. The maximum absolute atomic E-state index is 11.7. The second kappa shape index (κ2) is 7.84. The van der Waals surface area contributed by atoms with Crippen LogP contribution in [-0.4, -0.2) is 36.6 Å². The van der Waals surface area contributed by atoms with Crippen molar-refractivity contribution < 1.29 is 14.7 Å². The lowest BCUT2D eigenvalue weighted by molar-refractivity contribution is -0.120. The average molecular weight is 315 g/mol. The zero-order valence-electron chi connectivity index (χ0n) is 9.78. The van der Waals surface area contributed by atoms with Gasteiger partial charge in [0.05, 0.1) is 6.54 Å². The first-order chi connectivity index (χ1) is 8.63. The number of hydrogen-bond donors (Lipinski definition) is 3. The summed E-state index contributed by atoms with van der Waals surface area (Å²) in [4.78, 5) is 23.0. The highest BCUT2D eigenvalue weighted by atomic mass is 79.9. The van der Waals surface area contributed by atoms with Gasteiger partial charge in [-0.3, -0.25) is 9.59 Å². The third kappa shape index (κ3) is 5.29. The molecule has 0 aliphatic carbocycles. The van der Waals surface area contributed by atoms with Crippen LogP contribution in [0.5, 0.6) is 0 Å². The van der Waals surface area contributed by atoms with Crippen LogP contribution >= 0.6 is 15.9 Å². The van der Waals surface area contributed by atoms with Gasteiger partial charge < -0.3 is 15.7 Å². The largest absolute Gasteiger partial charge is 0.396 e. The van der Waals surface area contributed by atoms with Gasteiger partial charge in [-0.05, 0) is 24.6 Å². The van der Waals surface area contributed by atoms with E-state index < -0.39 is 0 Å². The van der Waals surface area contributed by atoms with Crippen LogP contribution in [0.1, 0.15) is 16.8 Å². The minimum atomic E-state index is -0.298. The molecule has 0 unspecified atom stereocenters. The topological polar surface area (TPSA) is 78.4 Å². The molecule has 0 aliphatic heterocycles. The Labute approximate surface area is 114 Å². The summed E-state index contributed by atoms with van der Waals surface area (Å²) in [5, 5.41) is 13.6. The molecule has 0 saturated heterocycles. The standard InChI is InChI=1S/C12H15BrN2O3/c13-10-4-1-3-9(7-10)12(18)15-8-11(17)14-5-2-6-16/h1,3-4,7,16H,2,5-6,8H2,(H,14,17)(H,15,18). The Morgan fingerprint density at radius 2 is 2.06 bits per heavy atom. The quantitative estimate of drug-likeness (QED) is 0.676. The summed E-state index contributed by atoms with van der Waals surface area (Å²) >= 11 is 3.27. The SMILES string of the molecule is O=C(CNC(=O)c1cccc(Br)c1)NCCCO. The summed E-state index contributed by atoms with van der Waals surface area (Å²) in [5.74, 6) is -0.569. The van der Waals surface area contributed by atoms with Gasteiger partial charge in [-0.15, -0.1) is 0 Å². The molecular formula is C12H15BrN2O3. The monoisotopic (exact) mass is 314 g/mol. The van der Waals surface area contributed by atoms with Crippen LogP contribution in [0.25, 0.3) is 0 Å². The van der Waals surface area contributed by atoms with E-state index in [1.165, 1.54) is 0 Å². The molecule has 0 radical (unpaired) electrons. The van der Waals surface area contributed by atoms with E-state index in [0.717, 1.165) is 4.47 Å². The lowest BCUT2D eigenvalue weighted by atomic mass is 10.2. The van der Waals surface area contributed by atoms with E-state index in [2.05, 4.69) is 26.6 Å². The first-order valence-corrected chi connectivity index (χ1v) is 6.34. The maximum Gasteiger partial charge on any atom is 0.251 e. The molecule has 1 aromatic carbocycles. The predicted octanol–water partition coefficient (Wildman–Crippen LogP) is 0.678. The Kier molecular flexibility index (Phi) is 6.38. The fourth-order valence-electron chi connectivity index (χ4n) is 1.26. The van der Waals surface area contributed by atoms with Gasteiger partial charge in [-0.1, -0.05) is 22.0 Å². The Morgan fingerprint density at radius 1 is 1.28 bits per heavy atom. The normalized spacial score (nSPS) is 9.89. The summed E-state index contributed by atoms with van der Waals surface area (Å²) in [6.45, 7) is 0.365. The lowest BCUT2D eigenvalue weighted by Crippen LogP contribution is -2.37. The first kappa shape index (κ1) is 14.7. The van der Waals surface area contributed by atoms with Crippen molar-refractivity contribution in [2.75, 3.05) is 19.7 Å². The Bertz CT molecular complexity index is 424. The number of hydrogen-bond acceptors (Lipinski definition) is 3.